The van der Waals surface area contributed by atoms with Gasteiger partial charge in [0.25, 0.3) is 0 Å². The molecule has 0 radical (unpaired) electrons. The lowest BCUT2D eigenvalue weighted by atomic mass is 10.2. The Kier molecular flexibility index (Phi) is 6.70. The highest BCUT2D eigenvalue weighted by Crippen LogP contribution is 2.16. The van der Waals surface area contributed by atoms with E-state index in [1.54, 1.807) is 0 Å². The lowest BCUT2D eigenvalue weighted by Gasteiger charge is -2.13. The molecule has 1 aromatic carbocycles. The molecule has 0 saturated heterocycles. The van der Waals surface area contributed by atoms with Crippen LogP contribution in [0.15, 0.2) is 35.2 Å². The summed E-state index contributed by atoms with van der Waals surface area (Å²) in [5, 5.41) is 11.3. The van der Waals surface area contributed by atoms with Gasteiger partial charge >= 0.3 is 5.97 Å². The molecule has 21 heavy (non-hydrogen) atoms. The third-order valence-electron chi connectivity index (χ3n) is 2.52. The lowest BCUT2D eigenvalue weighted by Crippen LogP contribution is -2.42. The van der Waals surface area contributed by atoms with E-state index in [0.29, 0.717) is 0 Å². The number of hydrogen-bond acceptors (Lipinski definition) is 5. The standard InChI is InChI=1S/C13H17NO5S2/c1-21(18,19)8-7-11(13(16)17)14-12(15)9-20-10-5-3-2-4-6-10/h2-6,11H,7-9H2,1H3,(H,14,15)(H,16,17). The van der Waals surface area contributed by atoms with E-state index < -0.39 is 27.8 Å². The number of carbonyl (C=O) groups is 2. The molecule has 1 rings (SSSR count). The van der Waals surface area contributed by atoms with Gasteiger partial charge in [-0.3, -0.25) is 4.79 Å². The minimum Gasteiger partial charge on any atom is -0.480 e. The van der Waals surface area contributed by atoms with E-state index in [9.17, 15) is 18.0 Å². The van der Waals surface area contributed by atoms with Crippen molar-refractivity contribution in [1.82, 2.24) is 5.32 Å². The van der Waals surface area contributed by atoms with E-state index in [1.165, 1.54) is 11.8 Å². The number of carboxylic acids is 1. The number of carboxylic acid groups (broad SMARTS) is 1. The summed E-state index contributed by atoms with van der Waals surface area (Å²) < 4.78 is 22.1. The van der Waals surface area contributed by atoms with Gasteiger partial charge in [0.15, 0.2) is 0 Å². The molecule has 0 aromatic heterocycles. The average molecular weight is 331 g/mol. The highest BCUT2D eigenvalue weighted by atomic mass is 32.2. The van der Waals surface area contributed by atoms with Crippen molar-refractivity contribution in [2.45, 2.75) is 17.4 Å². The number of benzene rings is 1. The second-order valence-electron chi connectivity index (χ2n) is 4.48. The number of hydrogen-bond donors (Lipinski definition) is 2. The maximum absolute atomic E-state index is 11.7. The highest BCUT2D eigenvalue weighted by Gasteiger charge is 2.21. The molecule has 6 nitrogen and oxygen atoms in total. The molecule has 0 bridgehead atoms. The van der Waals surface area contributed by atoms with Crippen molar-refractivity contribution in [3.8, 4) is 0 Å². The van der Waals surface area contributed by atoms with Crippen LogP contribution in [0.1, 0.15) is 6.42 Å². The summed E-state index contributed by atoms with van der Waals surface area (Å²) >= 11 is 1.28. The zero-order valence-corrected chi connectivity index (χ0v) is 13.1. The molecular formula is C13H17NO5S2. The van der Waals surface area contributed by atoms with Gasteiger partial charge in [0.05, 0.1) is 11.5 Å². The summed E-state index contributed by atoms with van der Waals surface area (Å²) in [6, 6.07) is 8.03. The minimum absolute atomic E-state index is 0.0761. The Labute approximate surface area is 127 Å². The molecule has 0 fully saturated rings. The van der Waals surface area contributed by atoms with Gasteiger partial charge in [0, 0.05) is 11.2 Å². The first-order valence-corrected chi connectivity index (χ1v) is 9.20. The van der Waals surface area contributed by atoms with Crippen LogP contribution in [0.3, 0.4) is 0 Å². The fourth-order valence-corrected chi connectivity index (χ4v) is 2.89. The van der Waals surface area contributed by atoms with E-state index in [2.05, 4.69) is 5.32 Å². The van der Waals surface area contributed by atoms with E-state index >= 15 is 0 Å². The summed E-state index contributed by atoms with van der Waals surface area (Å²) in [6.07, 6.45) is 0.884. The summed E-state index contributed by atoms with van der Waals surface area (Å²) in [5.41, 5.74) is 0. The maximum atomic E-state index is 11.7. The quantitative estimate of drug-likeness (QED) is 0.683. The molecule has 1 aromatic rings. The van der Waals surface area contributed by atoms with Crippen molar-refractivity contribution in [3.05, 3.63) is 30.3 Å². The Balaban J connectivity index is 2.47. The molecule has 1 unspecified atom stereocenters. The molecule has 0 aliphatic carbocycles. The van der Waals surface area contributed by atoms with Gasteiger partial charge in [-0.25, -0.2) is 13.2 Å². The number of carbonyl (C=O) groups excluding carboxylic acids is 1. The zero-order valence-electron chi connectivity index (χ0n) is 11.5. The Morgan fingerprint density at radius 1 is 1.29 bits per heavy atom. The third-order valence-corrected chi connectivity index (χ3v) is 4.51. The number of amides is 1. The highest BCUT2D eigenvalue weighted by molar-refractivity contribution is 8.00. The first kappa shape index (κ1) is 17.5. The predicted molar refractivity (Wildman–Crippen MR) is 81.1 cm³/mol. The number of thioether (sulfide) groups is 1. The van der Waals surface area contributed by atoms with Crippen LogP contribution in [-0.4, -0.2) is 49.2 Å². The van der Waals surface area contributed by atoms with Gasteiger partial charge < -0.3 is 10.4 Å². The number of sulfone groups is 1. The van der Waals surface area contributed by atoms with E-state index in [4.69, 9.17) is 5.11 Å². The van der Waals surface area contributed by atoms with Crippen LogP contribution >= 0.6 is 11.8 Å². The van der Waals surface area contributed by atoms with Crippen LogP contribution in [-0.2, 0) is 19.4 Å². The topological polar surface area (TPSA) is 101 Å². The average Bonchev–Trinajstić information content (AvgIpc) is 2.41. The number of aliphatic carboxylic acids is 1. The molecule has 1 amide bonds. The summed E-state index contributed by atoms with van der Waals surface area (Å²) in [7, 11) is -3.26. The smallest absolute Gasteiger partial charge is 0.326 e. The Morgan fingerprint density at radius 2 is 1.90 bits per heavy atom. The summed E-state index contributed by atoms with van der Waals surface area (Å²) in [4.78, 5) is 23.6. The molecule has 116 valence electrons. The van der Waals surface area contributed by atoms with E-state index in [0.717, 1.165) is 11.2 Å². The molecule has 0 saturated carbocycles. The van der Waals surface area contributed by atoms with E-state index in [1.807, 2.05) is 30.3 Å². The van der Waals surface area contributed by atoms with Gasteiger partial charge in [-0.2, -0.15) is 0 Å². The van der Waals surface area contributed by atoms with Gasteiger partial charge in [0.1, 0.15) is 15.9 Å². The Morgan fingerprint density at radius 3 is 2.43 bits per heavy atom. The van der Waals surface area contributed by atoms with Gasteiger partial charge in [-0.15, -0.1) is 11.8 Å². The molecular weight excluding hydrogens is 314 g/mol. The summed E-state index contributed by atoms with van der Waals surface area (Å²) in [6.45, 7) is 0. The van der Waals surface area contributed by atoms with Crippen LogP contribution in [0.25, 0.3) is 0 Å². The van der Waals surface area contributed by atoms with Gasteiger partial charge in [-0.1, -0.05) is 18.2 Å². The zero-order chi connectivity index (χ0) is 15.9. The molecule has 0 spiro atoms. The summed E-state index contributed by atoms with van der Waals surface area (Å²) in [5.74, 6) is -1.88. The normalized spacial score (nSPS) is 12.6. The van der Waals surface area contributed by atoms with E-state index in [-0.39, 0.29) is 17.9 Å². The van der Waals surface area contributed by atoms with Crippen molar-refractivity contribution in [1.29, 1.82) is 0 Å². The van der Waals surface area contributed by atoms with Gasteiger partial charge in [0.2, 0.25) is 5.91 Å². The maximum Gasteiger partial charge on any atom is 0.326 e. The number of nitrogens with one attached hydrogen (secondary N) is 1. The largest absolute Gasteiger partial charge is 0.480 e. The van der Waals surface area contributed by atoms with Crippen molar-refractivity contribution in [3.63, 3.8) is 0 Å². The van der Waals surface area contributed by atoms with Gasteiger partial charge in [-0.05, 0) is 18.6 Å². The fourth-order valence-electron chi connectivity index (χ4n) is 1.49. The van der Waals surface area contributed by atoms with Crippen LogP contribution in [0.2, 0.25) is 0 Å². The second kappa shape index (κ2) is 8.04. The predicted octanol–water partition coefficient (Wildman–Crippen LogP) is 0.783. The van der Waals surface area contributed by atoms with Crippen LogP contribution in [0.4, 0.5) is 0 Å². The SMILES string of the molecule is CS(=O)(=O)CCC(NC(=O)CSc1ccccc1)C(=O)O. The van der Waals surface area contributed by atoms with Crippen LogP contribution in [0, 0.1) is 0 Å². The molecule has 0 aliphatic rings. The van der Waals surface area contributed by atoms with Crippen LogP contribution in [0.5, 0.6) is 0 Å². The van der Waals surface area contributed by atoms with Crippen LogP contribution < -0.4 is 5.32 Å². The molecule has 0 heterocycles. The fraction of sp³-hybridized carbons (Fsp3) is 0.385. The molecule has 1 atom stereocenters. The first-order valence-electron chi connectivity index (χ1n) is 6.15. The minimum atomic E-state index is -3.26. The Hall–Kier alpha value is -1.54. The number of rotatable bonds is 8. The van der Waals surface area contributed by atoms with Crippen molar-refractivity contribution in [2.75, 3.05) is 17.8 Å². The third kappa shape index (κ3) is 7.72. The monoisotopic (exact) mass is 331 g/mol. The van der Waals surface area contributed by atoms with Crippen molar-refractivity contribution < 1.29 is 23.1 Å². The molecule has 2 N–H and O–H groups in total. The molecule has 8 heteroatoms. The van der Waals surface area contributed by atoms with Crippen molar-refractivity contribution in [2.24, 2.45) is 0 Å². The molecule has 0 aliphatic heterocycles. The van der Waals surface area contributed by atoms with Crippen molar-refractivity contribution >= 4 is 33.5 Å². The Bertz CT molecular complexity index is 586. The lowest BCUT2D eigenvalue weighted by molar-refractivity contribution is -0.141. The first-order chi connectivity index (χ1) is 9.78. The second-order valence-corrected chi connectivity index (χ2v) is 7.79.